The Labute approximate surface area is 229 Å². The van der Waals surface area contributed by atoms with Crippen molar-refractivity contribution < 1.29 is 19.4 Å². The zero-order chi connectivity index (χ0) is 27.0. The highest BCUT2D eigenvalue weighted by Crippen LogP contribution is 2.35. The lowest BCUT2D eigenvalue weighted by molar-refractivity contribution is -0.139. The molecule has 0 aliphatic heterocycles. The van der Waals surface area contributed by atoms with E-state index in [-0.39, 0.29) is 24.3 Å². The van der Waals surface area contributed by atoms with Crippen LogP contribution in [-0.2, 0) is 17.6 Å². The van der Waals surface area contributed by atoms with Crippen LogP contribution in [-0.4, -0.2) is 41.6 Å². The predicted octanol–water partition coefficient (Wildman–Crippen LogP) is 6.23. The van der Waals surface area contributed by atoms with Gasteiger partial charge in [-0.05, 0) is 65.6 Å². The van der Waals surface area contributed by atoms with Crippen molar-refractivity contribution in [3.05, 3.63) is 137 Å². The Morgan fingerprint density at radius 2 is 1.41 bits per heavy atom. The van der Waals surface area contributed by atoms with Crippen molar-refractivity contribution in [2.45, 2.75) is 25.2 Å². The van der Waals surface area contributed by atoms with Crippen molar-refractivity contribution >= 4 is 11.9 Å². The number of hydrogen-bond acceptors (Lipinski definition) is 3. The fourth-order valence-electron chi connectivity index (χ4n) is 5.64. The Balaban J connectivity index is 1.36. The summed E-state index contributed by atoms with van der Waals surface area (Å²) in [6, 6.07) is 36.3. The standard InChI is InChI=1S/C34H33NO4/c36-33(37)24-39-32-18-10-17-29-21-25(22-31(29)32)23-35(34(38)28-15-8-3-9-16-28)20-19-30(26-11-4-1-5-12-26)27-13-6-2-7-14-27/h1-18,25,30H,19-24H2,(H,36,37). The van der Waals surface area contributed by atoms with E-state index in [4.69, 9.17) is 9.84 Å². The maximum absolute atomic E-state index is 13.8. The molecule has 0 bridgehead atoms. The number of carboxylic acid groups (broad SMARTS) is 1. The number of aliphatic carboxylic acids is 1. The highest BCUT2D eigenvalue weighted by Gasteiger charge is 2.29. The second-order valence-corrected chi connectivity index (χ2v) is 10.1. The van der Waals surface area contributed by atoms with Crippen LogP contribution in [0.5, 0.6) is 5.75 Å². The predicted molar refractivity (Wildman–Crippen MR) is 152 cm³/mol. The third-order valence-corrected chi connectivity index (χ3v) is 7.46. The van der Waals surface area contributed by atoms with Crippen molar-refractivity contribution in [3.63, 3.8) is 0 Å². The van der Waals surface area contributed by atoms with Gasteiger partial charge in [0.25, 0.3) is 5.91 Å². The van der Waals surface area contributed by atoms with E-state index in [0.717, 1.165) is 24.8 Å². The monoisotopic (exact) mass is 519 g/mol. The van der Waals surface area contributed by atoms with Gasteiger partial charge in [-0.25, -0.2) is 4.79 Å². The fourth-order valence-corrected chi connectivity index (χ4v) is 5.64. The Hall–Kier alpha value is -4.38. The molecule has 198 valence electrons. The van der Waals surface area contributed by atoms with E-state index in [9.17, 15) is 9.59 Å². The molecule has 0 heterocycles. The molecule has 1 aliphatic carbocycles. The van der Waals surface area contributed by atoms with E-state index in [0.29, 0.717) is 24.4 Å². The van der Waals surface area contributed by atoms with E-state index in [1.807, 2.05) is 59.5 Å². The lowest BCUT2D eigenvalue weighted by Gasteiger charge is -2.28. The van der Waals surface area contributed by atoms with Crippen LogP contribution >= 0.6 is 0 Å². The zero-order valence-electron chi connectivity index (χ0n) is 21.9. The number of carbonyl (C=O) groups excluding carboxylic acids is 1. The molecule has 0 saturated carbocycles. The lowest BCUT2D eigenvalue weighted by Crippen LogP contribution is -2.37. The first-order chi connectivity index (χ1) is 19.1. The van der Waals surface area contributed by atoms with Gasteiger partial charge in [0.1, 0.15) is 5.75 Å². The third-order valence-electron chi connectivity index (χ3n) is 7.46. The van der Waals surface area contributed by atoms with E-state index in [1.54, 1.807) is 0 Å². The molecule has 4 aromatic rings. The normalized spacial score (nSPS) is 14.1. The molecule has 0 fully saturated rings. The Bertz CT molecular complexity index is 1350. The van der Waals surface area contributed by atoms with E-state index in [1.165, 1.54) is 16.7 Å². The fraction of sp³-hybridized carbons (Fsp3) is 0.235. The number of nitrogens with zero attached hydrogens (tertiary/aromatic N) is 1. The second kappa shape index (κ2) is 12.4. The van der Waals surface area contributed by atoms with E-state index >= 15 is 0 Å². The number of rotatable bonds is 11. The van der Waals surface area contributed by atoms with Crippen LogP contribution in [0.3, 0.4) is 0 Å². The summed E-state index contributed by atoms with van der Waals surface area (Å²) < 4.78 is 5.58. The molecule has 39 heavy (non-hydrogen) atoms. The highest BCUT2D eigenvalue weighted by atomic mass is 16.5. The molecule has 0 radical (unpaired) electrons. The summed E-state index contributed by atoms with van der Waals surface area (Å²) in [7, 11) is 0. The Morgan fingerprint density at radius 1 is 0.795 bits per heavy atom. The van der Waals surface area contributed by atoms with Crippen molar-refractivity contribution in [1.82, 2.24) is 4.90 Å². The summed E-state index contributed by atoms with van der Waals surface area (Å²) >= 11 is 0. The molecule has 0 spiro atoms. The first-order valence-corrected chi connectivity index (χ1v) is 13.5. The number of benzene rings is 4. The molecular formula is C34H33NO4. The molecule has 1 amide bonds. The average Bonchev–Trinajstić information content (AvgIpc) is 3.40. The van der Waals surface area contributed by atoms with Crippen molar-refractivity contribution in [3.8, 4) is 5.75 Å². The van der Waals surface area contributed by atoms with Gasteiger partial charge < -0.3 is 14.7 Å². The molecule has 5 nitrogen and oxygen atoms in total. The van der Waals surface area contributed by atoms with Crippen LogP contribution < -0.4 is 4.74 Å². The summed E-state index contributed by atoms with van der Waals surface area (Å²) in [6.07, 6.45) is 2.39. The first kappa shape index (κ1) is 26.2. The largest absolute Gasteiger partial charge is 0.482 e. The molecule has 5 heteroatoms. The average molecular weight is 520 g/mol. The SMILES string of the molecule is O=C(O)COc1cccc2c1CC(CN(CCC(c1ccccc1)c1ccccc1)C(=O)c1ccccc1)C2. The number of carboxylic acids is 1. The number of amides is 1. The number of ether oxygens (including phenoxy) is 1. The summed E-state index contributed by atoms with van der Waals surface area (Å²) in [4.78, 5) is 26.8. The Kier molecular flexibility index (Phi) is 8.37. The summed E-state index contributed by atoms with van der Waals surface area (Å²) in [5, 5.41) is 9.06. The minimum atomic E-state index is -0.992. The quantitative estimate of drug-likeness (QED) is 0.255. The number of fused-ring (bicyclic) bond motifs is 1. The van der Waals surface area contributed by atoms with Gasteiger partial charge in [-0.15, -0.1) is 0 Å². The number of hydrogen-bond donors (Lipinski definition) is 1. The van der Waals surface area contributed by atoms with Gasteiger partial charge in [0.15, 0.2) is 6.61 Å². The lowest BCUT2D eigenvalue weighted by atomic mass is 9.88. The molecule has 1 unspecified atom stereocenters. The molecule has 1 atom stereocenters. The van der Waals surface area contributed by atoms with Crippen LogP contribution in [0.4, 0.5) is 0 Å². The second-order valence-electron chi connectivity index (χ2n) is 10.1. The Morgan fingerprint density at radius 3 is 2.03 bits per heavy atom. The molecular weight excluding hydrogens is 486 g/mol. The maximum atomic E-state index is 13.8. The molecule has 4 aromatic carbocycles. The third kappa shape index (κ3) is 6.55. The van der Waals surface area contributed by atoms with Gasteiger partial charge >= 0.3 is 5.97 Å². The van der Waals surface area contributed by atoms with Crippen molar-refractivity contribution in [2.75, 3.05) is 19.7 Å². The van der Waals surface area contributed by atoms with Gasteiger partial charge in [0, 0.05) is 24.6 Å². The van der Waals surface area contributed by atoms with Crippen LogP contribution in [0.25, 0.3) is 0 Å². The van der Waals surface area contributed by atoms with Crippen LogP contribution in [0.1, 0.15) is 45.0 Å². The number of carbonyl (C=O) groups is 2. The van der Waals surface area contributed by atoms with Gasteiger partial charge in [-0.2, -0.15) is 0 Å². The zero-order valence-corrected chi connectivity index (χ0v) is 21.9. The topological polar surface area (TPSA) is 66.8 Å². The molecule has 0 aromatic heterocycles. The molecule has 5 rings (SSSR count). The summed E-state index contributed by atoms with van der Waals surface area (Å²) in [5.41, 5.74) is 5.40. The van der Waals surface area contributed by atoms with E-state index < -0.39 is 5.97 Å². The van der Waals surface area contributed by atoms with Crippen LogP contribution in [0.15, 0.2) is 109 Å². The molecule has 1 N–H and O–H groups in total. The van der Waals surface area contributed by atoms with Gasteiger partial charge in [-0.1, -0.05) is 91.0 Å². The van der Waals surface area contributed by atoms with Gasteiger partial charge in [-0.3, -0.25) is 4.79 Å². The van der Waals surface area contributed by atoms with E-state index in [2.05, 4.69) is 54.6 Å². The minimum absolute atomic E-state index is 0.0359. The molecule has 0 saturated heterocycles. The van der Waals surface area contributed by atoms with Crippen LogP contribution in [0, 0.1) is 5.92 Å². The molecule has 1 aliphatic rings. The van der Waals surface area contributed by atoms with Crippen LogP contribution in [0.2, 0.25) is 0 Å². The van der Waals surface area contributed by atoms with Crippen molar-refractivity contribution in [1.29, 1.82) is 0 Å². The summed E-state index contributed by atoms with van der Waals surface area (Å²) in [6.45, 7) is 0.884. The smallest absolute Gasteiger partial charge is 0.341 e. The highest BCUT2D eigenvalue weighted by molar-refractivity contribution is 5.94. The first-order valence-electron chi connectivity index (χ1n) is 13.5. The van der Waals surface area contributed by atoms with Gasteiger partial charge in [0.2, 0.25) is 0 Å². The van der Waals surface area contributed by atoms with Crippen molar-refractivity contribution in [2.24, 2.45) is 5.92 Å². The maximum Gasteiger partial charge on any atom is 0.341 e. The summed E-state index contributed by atoms with van der Waals surface area (Å²) in [5.74, 6) is 0.0814. The minimum Gasteiger partial charge on any atom is -0.482 e. The van der Waals surface area contributed by atoms with Gasteiger partial charge in [0.05, 0.1) is 0 Å².